The third-order valence-corrected chi connectivity index (χ3v) is 3.84. The summed E-state index contributed by atoms with van der Waals surface area (Å²) < 4.78 is 1.95. The molecule has 1 atom stereocenters. The van der Waals surface area contributed by atoms with Gasteiger partial charge in [-0.05, 0) is 25.7 Å². The van der Waals surface area contributed by atoms with Crippen molar-refractivity contribution >= 4 is 17.4 Å². The van der Waals surface area contributed by atoms with Crippen LogP contribution in [-0.4, -0.2) is 32.2 Å². The number of hydrogen-bond donors (Lipinski definition) is 1. The van der Waals surface area contributed by atoms with Gasteiger partial charge in [-0.1, -0.05) is 13.3 Å². The molecule has 6 nitrogen and oxygen atoms in total. The summed E-state index contributed by atoms with van der Waals surface area (Å²) in [5.41, 5.74) is 6.49. The molecule has 0 radical (unpaired) electrons. The van der Waals surface area contributed by atoms with E-state index in [4.69, 9.17) is 5.73 Å². The Morgan fingerprint density at radius 2 is 2.26 bits per heavy atom. The molecule has 0 aromatic carbocycles. The predicted molar refractivity (Wildman–Crippen MR) is 75.1 cm³/mol. The standard InChI is InChI=1S/C13H20N6/c1-2-5-10-6-3-4-8-18(10)13-17-16-12-11(14)15-7-9-19(12)13/h7,9-10H,2-6,8H2,1H3,(H2,14,15). The minimum atomic E-state index is 0.435. The minimum Gasteiger partial charge on any atom is -0.381 e. The van der Waals surface area contributed by atoms with Gasteiger partial charge in [-0.3, -0.25) is 4.40 Å². The highest BCUT2D eigenvalue weighted by atomic mass is 15.4. The topological polar surface area (TPSA) is 72.3 Å². The zero-order valence-electron chi connectivity index (χ0n) is 11.3. The van der Waals surface area contributed by atoms with Crippen molar-refractivity contribution in [2.75, 3.05) is 17.2 Å². The second-order valence-corrected chi connectivity index (χ2v) is 5.14. The van der Waals surface area contributed by atoms with Gasteiger partial charge in [0, 0.05) is 25.0 Å². The number of nitrogens with two attached hydrogens (primary N) is 1. The molecule has 0 spiro atoms. The van der Waals surface area contributed by atoms with E-state index in [1.54, 1.807) is 6.20 Å². The van der Waals surface area contributed by atoms with Gasteiger partial charge < -0.3 is 10.6 Å². The van der Waals surface area contributed by atoms with Crippen molar-refractivity contribution in [1.82, 2.24) is 19.6 Å². The van der Waals surface area contributed by atoms with E-state index in [0.717, 1.165) is 12.5 Å². The van der Waals surface area contributed by atoms with Crippen molar-refractivity contribution in [3.8, 4) is 0 Å². The summed E-state index contributed by atoms with van der Waals surface area (Å²) in [5, 5.41) is 8.50. The molecular formula is C13H20N6. The molecule has 3 heterocycles. The summed E-state index contributed by atoms with van der Waals surface area (Å²) in [6.45, 7) is 3.28. The summed E-state index contributed by atoms with van der Waals surface area (Å²) >= 11 is 0. The van der Waals surface area contributed by atoms with Gasteiger partial charge in [-0.25, -0.2) is 4.98 Å². The van der Waals surface area contributed by atoms with E-state index in [-0.39, 0.29) is 0 Å². The summed E-state index contributed by atoms with van der Waals surface area (Å²) in [4.78, 5) is 6.44. The van der Waals surface area contributed by atoms with Crippen LogP contribution in [0.25, 0.3) is 5.65 Å². The predicted octanol–water partition coefficient (Wildman–Crippen LogP) is 1.87. The highest BCUT2D eigenvalue weighted by molar-refractivity contribution is 5.61. The van der Waals surface area contributed by atoms with Gasteiger partial charge in [-0.15, -0.1) is 10.2 Å². The Kier molecular flexibility index (Phi) is 3.23. The Labute approximate surface area is 112 Å². The van der Waals surface area contributed by atoms with E-state index in [1.807, 2.05) is 10.6 Å². The van der Waals surface area contributed by atoms with Crippen LogP contribution >= 0.6 is 0 Å². The fraction of sp³-hybridized carbons (Fsp3) is 0.615. The average molecular weight is 260 g/mol. The number of nitrogen functional groups attached to an aromatic ring is 1. The van der Waals surface area contributed by atoms with Crippen LogP contribution in [0.5, 0.6) is 0 Å². The highest BCUT2D eigenvalue weighted by Crippen LogP contribution is 2.26. The zero-order valence-corrected chi connectivity index (χ0v) is 11.3. The molecule has 19 heavy (non-hydrogen) atoms. The first-order valence-corrected chi connectivity index (χ1v) is 7.03. The van der Waals surface area contributed by atoms with Crippen molar-refractivity contribution in [3.63, 3.8) is 0 Å². The van der Waals surface area contributed by atoms with Crippen molar-refractivity contribution < 1.29 is 0 Å². The maximum atomic E-state index is 5.84. The fourth-order valence-corrected chi connectivity index (χ4v) is 2.93. The molecule has 1 fully saturated rings. The highest BCUT2D eigenvalue weighted by Gasteiger charge is 2.25. The normalized spacial score (nSPS) is 20.1. The molecule has 1 aliphatic rings. The lowest BCUT2D eigenvalue weighted by Gasteiger charge is -2.35. The summed E-state index contributed by atoms with van der Waals surface area (Å²) in [6.07, 6.45) is 9.75. The Morgan fingerprint density at radius 3 is 3.11 bits per heavy atom. The maximum Gasteiger partial charge on any atom is 0.232 e. The van der Waals surface area contributed by atoms with Crippen LogP contribution in [0.3, 0.4) is 0 Å². The molecule has 1 saturated heterocycles. The van der Waals surface area contributed by atoms with Gasteiger partial charge in [-0.2, -0.15) is 0 Å². The van der Waals surface area contributed by atoms with Crippen molar-refractivity contribution in [1.29, 1.82) is 0 Å². The zero-order chi connectivity index (χ0) is 13.2. The molecule has 6 heteroatoms. The molecule has 1 unspecified atom stereocenters. The van der Waals surface area contributed by atoms with Gasteiger partial charge in [0.2, 0.25) is 11.6 Å². The van der Waals surface area contributed by atoms with Crippen molar-refractivity contribution in [3.05, 3.63) is 12.4 Å². The Bertz CT molecular complexity index is 561. The SMILES string of the molecule is CCCC1CCCCN1c1nnc2c(N)nccn12. The molecule has 0 amide bonds. The maximum absolute atomic E-state index is 5.84. The lowest BCUT2D eigenvalue weighted by Crippen LogP contribution is -2.40. The monoisotopic (exact) mass is 260 g/mol. The second-order valence-electron chi connectivity index (χ2n) is 5.14. The number of aromatic nitrogens is 4. The smallest absolute Gasteiger partial charge is 0.232 e. The largest absolute Gasteiger partial charge is 0.381 e. The Balaban J connectivity index is 2.00. The minimum absolute atomic E-state index is 0.435. The van der Waals surface area contributed by atoms with Crippen LogP contribution in [-0.2, 0) is 0 Å². The van der Waals surface area contributed by atoms with E-state index in [9.17, 15) is 0 Å². The Morgan fingerprint density at radius 1 is 1.37 bits per heavy atom. The number of anilines is 2. The quantitative estimate of drug-likeness (QED) is 0.912. The first-order chi connectivity index (χ1) is 9.31. The van der Waals surface area contributed by atoms with E-state index in [0.29, 0.717) is 17.5 Å². The van der Waals surface area contributed by atoms with E-state index >= 15 is 0 Å². The average Bonchev–Trinajstić information content (AvgIpc) is 2.85. The van der Waals surface area contributed by atoms with Crippen LogP contribution in [0.4, 0.5) is 11.8 Å². The molecule has 1 aliphatic heterocycles. The number of nitrogens with zero attached hydrogens (tertiary/aromatic N) is 5. The third kappa shape index (κ3) is 2.11. The summed E-state index contributed by atoms with van der Waals surface area (Å²) in [6, 6.07) is 0.570. The van der Waals surface area contributed by atoms with Crippen molar-refractivity contribution in [2.24, 2.45) is 0 Å². The van der Waals surface area contributed by atoms with Crippen molar-refractivity contribution in [2.45, 2.75) is 45.1 Å². The second kappa shape index (κ2) is 5.03. The number of rotatable bonds is 3. The molecule has 0 saturated carbocycles. The number of hydrogen-bond acceptors (Lipinski definition) is 5. The van der Waals surface area contributed by atoms with Gasteiger partial charge in [0.05, 0.1) is 0 Å². The molecule has 2 aromatic heterocycles. The van der Waals surface area contributed by atoms with Gasteiger partial charge in [0.25, 0.3) is 0 Å². The lowest BCUT2D eigenvalue weighted by molar-refractivity contribution is 0.427. The molecule has 3 rings (SSSR count). The molecule has 0 aliphatic carbocycles. The first-order valence-electron chi connectivity index (χ1n) is 7.03. The summed E-state index contributed by atoms with van der Waals surface area (Å²) in [7, 11) is 0. The van der Waals surface area contributed by atoms with Gasteiger partial charge in [0.1, 0.15) is 0 Å². The van der Waals surface area contributed by atoms with E-state index in [2.05, 4.69) is 27.0 Å². The molecular weight excluding hydrogens is 240 g/mol. The fourth-order valence-electron chi connectivity index (χ4n) is 2.93. The molecule has 102 valence electrons. The van der Waals surface area contributed by atoms with Crippen LogP contribution in [0, 0.1) is 0 Å². The van der Waals surface area contributed by atoms with Crippen LogP contribution in [0.2, 0.25) is 0 Å². The third-order valence-electron chi connectivity index (χ3n) is 3.84. The molecule has 2 aromatic rings. The van der Waals surface area contributed by atoms with Crippen LogP contribution < -0.4 is 10.6 Å². The van der Waals surface area contributed by atoms with Crippen LogP contribution in [0.1, 0.15) is 39.0 Å². The molecule has 0 bridgehead atoms. The van der Waals surface area contributed by atoms with E-state index < -0.39 is 0 Å². The lowest BCUT2D eigenvalue weighted by atomic mass is 9.99. The first kappa shape index (κ1) is 12.2. The molecule has 2 N–H and O–H groups in total. The van der Waals surface area contributed by atoms with Gasteiger partial charge >= 0.3 is 0 Å². The summed E-state index contributed by atoms with van der Waals surface area (Å²) in [5.74, 6) is 1.34. The van der Waals surface area contributed by atoms with Gasteiger partial charge in [0.15, 0.2) is 5.82 Å². The number of fused-ring (bicyclic) bond motifs is 1. The Hall–Kier alpha value is -1.85. The van der Waals surface area contributed by atoms with Crippen LogP contribution in [0.15, 0.2) is 12.4 Å². The number of piperidine rings is 1. The van der Waals surface area contributed by atoms with E-state index in [1.165, 1.54) is 32.1 Å².